The first-order valence-electron chi connectivity index (χ1n) is 8.36. The van der Waals surface area contributed by atoms with E-state index in [1.807, 2.05) is 32.4 Å². The van der Waals surface area contributed by atoms with Crippen molar-refractivity contribution in [2.24, 2.45) is 7.05 Å². The predicted molar refractivity (Wildman–Crippen MR) is 90.9 cm³/mol. The second-order valence-corrected chi connectivity index (χ2v) is 6.45. The molecule has 0 bridgehead atoms. The molecule has 0 saturated carbocycles. The quantitative estimate of drug-likeness (QED) is 0.709. The highest BCUT2D eigenvalue weighted by Gasteiger charge is 2.30. The molecule has 1 aliphatic heterocycles. The van der Waals surface area contributed by atoms with Crippen molar-refractivity contribution in [3.8, 4) is 6.01 Å². The molecule has 0 spiro atoms. The lowest BCUT2D eigenvalue weighted by atomic mass is 10.0. The molecule has 1 atom stereocenters. The van der Waals surface area contributed by atoms with Crippen molar-refractivity contribution >= 4 is 0 Å². The fourth-order valence-electron chi connectivity index (χ4n) is 3.15. The van der Waals surface area contributed by atoms with Crippen molar-refractivity contribution in [1.29, 1.82) is 0 Å². The van der Waals surface area contributed by atoms with Crippen LogP contribution in [0.1, 0.15) is 22.7 Å². The average Bonchev–Trinajstić information content (AvgIpc) is 3.25. The lowest BCUT2D eigenvalue weighted by Gasteiger charge is -2.34. The summed E-state index contributed by atoms with van der Waals surface area (Å²) in [4.78, 5) is 15.3. The third-order valence-corrected chi connectivity index (χ3v) is 4.54. The third kappa shape index (κ3) is 3.41. The van der Waals surface area contributed by atoms with E-state index in [0.717, 1.165) is 36.5 Å². The molecule has 0 saturated heterocycles. The van der Waals surface area contributed by atoms with Crippen LogP contribution >= 0.6 is 0 Å². The molecule has 0 aromatic carbocycles. The Kier molecular flexibility index (Phi) is 4.23. The molecule has 3 aromatic heterocycles. The first kappa shape index (κ1) is 15.8. The molecule has 25 heavy (non-hydrogen) atoms. The standard InChI is InChI=1S/C18H21N5O2/c1-13-7-19-18(20-8-13)25-11-14-6-17-16(21-12-22(17)2)10-23(14)9-15-4-3-5-24-15/h3-5,7-8,12,14H,6,9-11H2,1-2H3. The van der Waals surface area contributed by atoms with Gasteiger partial charge in [0.05, 0.1) is 30.9 Å². The van der Waals surface area contributed by atoms with Crippen molar-refractivity contribution in [3.63, 3.8) is 0 Å². The third-order valence-electron chi connectivity index (χ3n) is 4.54. The van der Waals surface area contributed by atoms with Gasteiger partial charge in [0.15, 0.2) is 0 Å². The maximum atomic E-state index is 5.86. The number of hydrogen-bond acceptors (Lipinski definition) is 6. The number of nitrogens with zero attached hydrogens (tertiary/aromatic N) is 5. The number of furan rings is 1. The first-order valence-corrected chi connectivity index (χ1v) is 8.36. The second-order valence-electron chi connectivity index (χ2n) is 6.45. The Bertz CT molecular complexity index is 826. The number of imidazole rings is 1. The lowest BCUT2D eigenvalue weighted by molar-refractivity contribution is 0.0954. The Morgan fingerprint density at radius 3 is 2.88 bits per heavy atom. The van der Waals surface area contributed by atoms with E-state index < -0.39 is 0 Å². The maximum absolute atomic E-state index is 5.86. The van der Waals surface area contributed by atoms with Crippen molar-refractivity contribution in [2.45, 2.75) is 32.5 Å². The number of aryl methyl sites for hydroxylation is 2. The Morgan fingerprint density at radius 2 is 2.12 bits per heavy atom. The van der Waals surface area contributed by atoms with Gasteiger partial charge in [-0.25, -0.2) is 15.0 Å². The van der Waals surface area contributed by atoms with E-state index in [-0.39, 0.29) is 6.04 Å². The van der Waals surface area contributed by atoms with Crippen LogP contribution in [0.25, 0.3) is 0 Å². The van der Waals surface area contributed by atoms with Gasteiger partial charge in [-0.3, -0.25) is 4.90 Å². The van der Waals surface area contributed by atoms with Crippen molar-refractivity contribution < 1.29 is 9.15 Å². The Balaban J connectivity index is 1.51. The zero-order valence-corrected chi connectivity index (χ0v) is 14.4. The molecular formula is C18H21N5O2. The zero-order chi connectivity index (χ0) is 17.2. The Hall–Kier alpha value is -2.67. The normalized spacial score (nSPS) is 17.4. The molecule has 7 heteroatoms. The summed E-state index contributed by atoms with van der Waals surface area (Å²) in [6.07, 6.45) is 7.99. The van der Waals surface area contributed by atoms with Gasteiger partial charge in [0.1, 0.15) is 12.4 Å². The van der Waals surface area contributed by atoms with Crippen LogP contribution < -0.4 is 4.74 Å². The van der Waals surface area contributed by atoms with Crippen LogP contribution in [-0.4, -0.2) is 37.1 Å². The number of rotatable bonds is 5. The topological polar surface area (TPSA) is 69.2 Å². The lowest BCUT2D eigenvalue weighted by Crippen LogP contribution is -2.44. The minimum atomic E-state index is 0.206. The van der Waals surface area contributed by atoms with Crippen LogP contribution in [0.2, 0.25) is 0 Å². The van der Waals surface area contributed by atoms with Gasteiger partial charge >= 0.3 is 6.01 Å². The Morgan fingerprint density at radius 1 is 1.28 bits per heavy atom. The van der Waals surface area contributed by atoms with Gasteiger partial charge in [0, 0.05) is 38.1 Å². The van der Waals surface area contributed by atoms with Crippen LogP contribution in [0.5, 0.6) is 6.01 Å². The molecule has 1 aliphatic rings. The van der Waals surface area contributed by atoms with Gasteiger partial charge in [-0.2, -0.15) is 0 Å². The van der Waals surface area contributed by atoms with Gasteiger partial charge in [0.2, 0.25) is 0 Å². The minimum absolute atomic E-state index is 0.206. The van der Waals surface area contributed by atoms with Crippen molar-refractivity contribution in [3.05, 3.63) is 59.8 Å². The summed E-state index contributed by atoms with van der Waals surface area (Å²) in [6.45, 7) is 3.99. The highest BCUT2D eigenvalue weighted by Crippen LogP contribution is 2.24. The summed E-state index contributed by atoms with van der Waals surface area (Å²) < 4.78 is 13.5. The van der Waals surface area contributed by atoms with E-state index in [2.05, 4.69) is 24.4 Å². The van der Waals surface area contributed by atoms with Gasteiger partial charge in [0.25, 0.3) is 0 Å². The molecule has 4 rings (SSSR count). The van der Waals surface area contributed by atoms with E-state index in [1.54, 1.807) is 18.7 Å². The molecule has 0 aliphatic carbocycles. The van der Waals surface area contributed by atoms with Crippen LogP contribution in [0, 0.1) is 6.92 Å². The maximum Gasteiger partial charge on any atom is 0.316 e. The molecule has 3 aromatic rings. The predicted octanol–water partition coefficient (Wildman–Crippen LogP) is 2.12. The largest absolute Gasteiger partial charge is 0.468 e. The fourth-order valence-corrected chi connectivity index (χ4v) is 3.15. The van der Waals surface area contributed by atoms with E-state index >= 15 is 0 Å². The van der Waals surface area contributed by atoms with Gasteiger partial charge in [-0.1, -0.05) is 0 Å². The van der Waals surface area contributed by atoms with E-state index in [1.165, 1.54) is 5.69 Å². The number of hydrogen-bond donors (Lipinski definition) is 0. The summed E-state index contributed by atoms with van der Waals surface area (Å²) in [5.74, 6) is 0.941. The number of fused-ring (bicyclic) bond motifs is 1. The molecule has 0 N–H and O–H groups in total. The van der Waals surface area contributed by atoms with E-state index in [4.69, 9.17) is 9.15 Å². The molecule has 0 amide bonds. The molecule has 0 radical (unpaired) electrons. The summed E-state index contributed by atoms with van der Waals surface area (Å²) in [5, 5.41) is 0. The van der Waals surface area contributed by atoms with E-state index in [0.29, 0.717) is 12.6 Å². The molecule has 0 fully saturated rings. The summed E-state index contributed by atoms with van der Waals surface area (Å²) in [5.41, 5.74) is 3.40. The van der Waals surface area contributed by atoms with Crippen molar-refractivity contribution in [2.75, 3.05) is 6.61 Å². The van der Waals surface area contributed by atoms with Crippen LogP contribution in [0.3, 0.4) is 0 Å². The van der Waals surface area contributed by atoms with Crippen molar-refractivity contribution in [1.82, 2.24) is 24.4 Å². The number of ether oxygens (including phenoxy) is 1. The molecule has 1 unspecified atom stereocenters. The molecular weight excluding hydrogens is 318 g/mol. The second kappa shape index (κ2) is 6.68. The van der Waals surface area contributed by atoms with Gasteiger partial charge in [-0.15, -0.1) is 0 Å². The molecule has 7 nitrogen and oxygen atoms in total. The summed E-state index contributed by atoms with van der Waals surface area (Å²) in [6, 6.07) is 4.53. The Labute approximate surface area is 146 Å². The van der Waals surface area contributed by atoms with E-state index in [9.17, 15) is 0 Å². The molecule has 4 heterocycles. The van der Waals surface area contributed by atoms with Crippen LogP contribution in [0.4, 0.5) is 0 Å². The smallest absolute Gasteiger partial charge is 0.316 e. The van der Waals surface area contributed by atoms with Gasteiger partial charge in [-0.05, 0) is 24.6 Å². The minimum Gasteiger partial charge on any atom is -0.468 e. The first-order chi connectivity index (χ1) is 12.2. The fraction of sp³-hybridized carbons (Fsp3) is 0.389. The highest BCUT2D eigenvalue weighted by atomic mass is 16.5. The average molecular weight is 339 g/mol. The monoisotopic (exact) mass is 339 g/mol. The van der Waals surface area contributed by atoms with Crippen LogP contribution in [-0.2, 0) is 26.6 Å². The van der Waals surface area contributed by atoms with Crippen LogP contribution in [0.15, 0.2) is 41.5 Å². The highest BCUT2D eigenvalue weighted by molar-refractivity contribution is 5.19. The number of aromatic nitrogens is 4. The van der Waals surface area contributed by atoms with Gasteiger partial charge < -0.3 is 13.7 Å². The SMILES string of the molecule is Cc1cnc(OCC2Cc3c(ncn3C)CN2Cc2ccco2)nc1. The summed E-state index contributed by atoms with van der Waals surface area (Å²) >= 11 is 0. The zero-order valence-electron chi connectivity index (χ0n) is 14.4. The molecule has 130 valence electrons. The summed E-state index contributed by atoms with van der Waals surface area (Å²) in [7, 11) is 2.04.